The van der Waals surface area contributed by atoms with Crippen molar-refractivity contribution in [3.8, 4) is 0 Å². The van der Waals surface area contributed by atoms with Crippen LogP contribution in [0.5, 0.6) is 0 Å². The third kappa shape index (κ3) is 2.46. The Labute approximate surface area is 114 Å². The van der Waals surface area contributed by atoms with E-state index in [0.717, 1.165) is 10.4 Å². The molecular weight excluding hydrogens is 258 g/mol. The van der Waals surface area contributed by atoms with Gasteiger partial charge in [0, 0.05) is 17.3 Å². The number of para-hydroxylation sites is 1. The molecule has 0 unspecified atom stereocenters. The SMILES string of the molecule is O=C(NCc1cccs1)c1cccc2nccnc12. The van der Waals surface area contributed by atoms with Gasteiger partial charge >= 0.3 is 0 Å². The van der Waals surface area contributed by atoms with E-state index in [0.29, 0.717) is 17.6 Å². The van der Waals surface area contributed by atoms with Gasteiger partial charge in [0.2, 0.25) is 0 Å². The van der Waals surface area contributed by atoms with E-state index in [2.05, 4.69) is 15.3 Å². The van der Waals surface area contributed by atoms with Crippen molar-refractivity contribution >= 4 is 28.3 Å². The van der Waals surface area contributed by atoms with Gasteiger partial charge in [0.05, 0.1) is 17.6 Å². The van der Waals surface area contributed by atoms with Gasteiger partial charge < -0.3 is 5.32 Å². The number of carbonyl (C=O) groups excluding carboxylic acids is 1. The summed E-state index contributed by atoms with van der Waals surface area (Å²) < 4.78 is 0. The lowest BCUT2D eigenvalue weighted by Crippen LogP contribution is -2.22. The molecule has 1 aromatic carbocycles. The maximum Gasteiger partial charge on any atom is 0.253 e. The van der Waals surface area contributed by atoms with E-state index in [4.69, 9.17) is 0 Å². The molecule has 0 saturated heterocycles. The van der Waals surface area contributed by atoms with Crippen molar-refractivity contribution in [2.24, 2.45) is 0 Å². The number of thiophene rings is 1. The van der Waals surface area contributed by atoms with Crippen LogP contribution in [0.3, 0.4) is 0 Å². The van der Waals surface area contributed by atoms with Crippen LogP contribution in [0, 0.1) is 0 Å². The molecule has 2 aromatic heterocycles. The summed E-state index contributed by atoms with van der Waals surface area (Å²) in [6, 6.07) is 9.39. The molecule has 0 atom stereocenters. The third-order valence-corrected chi connectivity index (χ3v) is 3.62. The molecule has 0 saturated carbocycles. The molecule has 0 aliphatic carbocycles. The minimum absolute atomic E-state index is 0.125. The lowest BCUT2D eigenvalue weighted by Gasteiger charge is -2.05. The van der Waals surface area contributed by atoms with Crippen molar-refractivity contribution < 1.29 is 4.79 Å². The minimum atomic E-state index is -0.125. The number of nitrogens with one attached hydrogen (secondary N) is 1. The van der Waals surface area contributed by atoms with Gasteiger partial charge in [-0.2, -0.15) is 0 Å². The highest BCUT2D eigenvalue weighted by Crippen LogP contribution is 2.14. The molecule has 0 radical (unpaired) electrons. The summed E-state index contributed by atoms with van der Waals surface area (Å²) in [5, 5.41) is 4.89. The van der Waals surface area contributed by atoms with Gasteiger partial charge in [-0.15, -0.1) is 11.3 Å². The Hall–Kier alpha value is -2.27. The van der Waals surface area contributed by atoms with E-state index in [-0.39, 0.29) is 5.91 Å². The summed E-state index contributed by atoms with van der Waals surface area (Å²) in [7, 11) is 0. The number of rotatable bonds is 3. The summed E-state index contributed by atoms with van der Waals surface area (Å²) in [6.45, 7) is 0.535. The van der Waals surface area contributed by atoms with Crippen LogP contribution >= 0.6 is 11.3 Å². The quantitative estimate of drug-likeness (QED) is 0.795. The maximum atomic E-state index is 12.2. The average molecular weight is 269 g/mol. The Morgan fingerprint density at radius 2 is 2.05 bits per heavy atom. The van der Waals surface area contributed by atoms with Crippen LogP contribution < -0.4 is 5.32 Å². The maximum absolute atomic E-state index is 12.2. The van der Waals surface area contributed by atoms with Crippen LogP contribution in [0.4, 0.5) is 0 Å². The highest BCUT2D eigenvalue weighted by Gasteiger charge is 2.10. The average Bonchev–Trinajstić information content (AvgIpc) is 2.97. The molecule has 1 N–H and O–H groups in total. The van der Waals surface area contributed by atoms with Crippen molar-refractivity contribution in [3.63, 3.8) is 0 Å². The van der Waals surface area contributed by atoms with E-state index in [1.165, 1.54) is 0 Å². The fourth-order valence-electron chi connectivity index (χ4n) is 1.85. The number of benzene rings is 1. The van der Waals surface area contributed by atoms with Crippen molar-refractivity contribution in [2.45, 2.75) is 6.54 Å². The molecule has 3 aromatic rings. The Morgan fingerprint density at radius 1 is 1.16 bits per heavy atom. The van der Waals surface area contributed by atoms with Gasteiger partial charge in [0.1, 0.15) is 5.52 Å². The molecule has 0 aliphatic rings. The number of amides is 1. The summed E-state index contributed by atoms with van der Waals surface area (Å²) in [5.74, 6) is -0.125. The standard InChI is InChI=1S/C14H11N3OS/c18-14(17-9-10-3-2-8-19-10)11-4-1-5-12-13(11)16-7-6-15-12/h1-8H,9H2,(H,17,18). The summed E-state index contributed by atoms with van der Waals surface area (Å²) >= 11 is 1.62. The van der Waals surface area contributed by atoms with Gasteiger partial charge in [-0.1, -0.05) is 12.1 Å². The van der Waals surface area contributed by atoms with Gasteiger partial charge in [0.25, 0.3) is 5.91 Å². The first kappa shape index (κ1) is 11.8. The molecule has 19 heavy (non-hydrogen) atoms. The van der Waals surface area contributed by atoms with Crippen molar-refractivity contribution in [1.82, 2.24) is 15.3 Å². The van der Waals surface area contributed by atoms with E-state index in [1.807, 2.05) is 29.6 Å². The van der Waals surface area contributed by atoms with Crippen LogP contribution in [0.1, 0.15) is 15.2 Å². The molecule has 0 aliphatic heterocycles. The summed E-state index contributed by atoms with van der Waals surface area (Å²) in [5.41, 5.74) is 1.92. The lowest BCUT2D eigenvalue weighted by atomic mass is 10.1. The number of aromatic nitrogens is 2. The van der Waals surface area contributed by atoms with Crippen molar-refractivity contribution in [3.05, 3.63) is 58.5 Å². The Morgan fingerprint density at radius 3 is 2.89 bits per heavy atom. The topological polar surface area (TPSA) is 54.9 Å². The Bertz CT molecular complexity index is 704. The van der Waals surface area contributed by atoms with E-state index >= 15 is 0 Å². The number of carbonyl (C=O) groups is 1. The second-order valence-corrected chi connectivity index (χ2v) is 5.02. The molecule has 0 bridgehead atoms. The van der Waals surface area contributed by atoms with Crippen LogP contribution in [0.25, 0.3) is 11.0 Å². The second kappa shape index (κ2) is 5.16. The molecule has 2 heterocycles. The Kier molecular flexibility index (Phi) is 3.20. The van der Waals surface area contributed by atoms with E-state index in [9.17, 15) is 4.79 Å². The molecular formula is C14H11N3OS. The van der Waals surface area contributed by atoms with Crippen LogP contribution in [0.15, 0.2) is 48.1 Å². The fraction of sp³-hybridized carbons (Fsp3) is 0.0714. The zero-order chi connectivity index (χ0) is 13.1. The zero-order valence-electron chi connectivity index (χ0n) is 10.0. The van der Waals surface area contributed by atoms with E-state index < -0.39 is 0 Å². The number of nitrogens with zero attached hydrogens (tertiary/aromatic N) is 2. The van der Waals surface area contributed by atoms with Gasteiger partial charge in [-0.25, -0.2) is 0 Å². The largest absolute Gasteiger partial charge is 0.347 e. The monoisotopic (exact) mass is 269 g/mol. The molecule has 4 nitrogen and oxygen atoms in total. The number of hydrogen-bond acceptors (Lipinski definition) is 4. The molecule has 94 valence electrons. The summed E-state index contributed by atoms with van der Waals surface area (Å²) in [6.07, 6.45) is 3.22. The predicted molar refractivity (Wildman–Crippen MR) is 75.0 cm³/mol. The van der Waals surface area contributed by atoms with Gasteiger partial charge in [0.15, 0.2) is 0 Å². The van der Waals surface area contributed by atoms with Crippen molar-refractivity contribution in [1.29, 1.82) is 0 Å². The Balaban J connectivity index is 1.85. The summed E-state index contributed by atoms with van der Waals surface area (Å²) in [4.78, 5) is 21.7. The normalized spacial score (nSPS) is 10.5. The van der Waals surface area contributed by atoms with Gasteiger partial charge in [-0.3, -0.25) is 14.8 Å². The first-order valence-corrected chi connectivity index (χ1v) is 6.73. The highest BCUT2D eigenvalue weighted by atomic mass is 32.1. The first-order chi connectivity index (χ1) is 9.34. The molecule has 1 amide bonds. The van der Waals surface area contributed by atoms with E-state index in [1.54, 1.807) is 29.8 Å². The van der Waals surface area contributed by atoms with Crippen LogP contribution in [-0.2, 0) is 6.54 Å². The fourth-order valence-corrected chi connectivity index (χ4v) is 2.50. The lowest BCUT2D eigenvalue weighted by molar-refractivity contribution is 0.0953. The molecule has 3 rings (SSSR count). The van der Waals surface area contributed by atoms with Crippen LogP contribution in [-0.4, -0.2) is 15.9 Å². The molecule has 0 spiro atoms. The predicted octanol–water partition coefficient (Wildman–Crippen LogP) is 2.62. The third-order valence-electron chi connectivity index (χ3n) is 2.75. The van der Waals surface area contributed by atoms with Crippen molar-refractivity contribution in [2.75, 3.05) is 0 Å². The second-order valence-electron chi connectivity index (χ2n) is 3.99. The van der Waals surface area contributed by atoms with Crippen LogP contribution in [0.2, 0.25) is 0 Å². The molecule has 5 heteroatoms. The first-order valence-electron chi connectivity index (χ1n) is 5.85. The highest BCUT2D eigenvalue weighted by molar-refractivity contribution is 7.09. The van der Waals surface area contributed by atoms with Gasteiger partial charge in [-0.05, 0) is 23.6 Å². The number of fused-ring (bicyclic) bond motifs is 1. The minimum Gasteiger partial charge on any atom is -0.347 e. The number of hydrogen-bond donors (Lipinski definition) is 1. The zero-order valence-corrected chi connectivity index (χ0v) is 10.9. The molecule has 0 fully saturated rings. The smallest absolute Gasteiger partial charge is 0.253 e.